The zero-order chi connectivity index (χ0) is 19.8. The second kappa shape index (κ2) is 6.73. The summed E-state index contributed by atoms with van der Waals surface area (Å²) in [7, 11) is 3.37. The van der Waals surface area contributed by atoms with Gasteiger partial charge in [-0.3, -0.25) is 9.59 Å². The van der Waals surface area contributed by atoms with Crippen molar-refractivity contribution >= 4 is 16.8 Å². The smallest absolute Gasteiger partial charge is 0.258 e. The maximum absolute atomic E-state index is 13.5. The highest BCUT2D eigenvalue weighted by molar-refractivity contribution is 5.94. The minimum atomic E-state index is -0.387. The minimum Gasteiger partial charge on any atom is -0.345 e. The van der Waals surface area contributed by atoms with Gasteiger partial charge < -0.3 is 9.88 Å². The summed E-state index contributed by atoms with van der Waals surface area (Å²) < 4.78 is 15.0. The van der Waals surface area contributed by atoms with E-state index < -0.39 is 0 Å². The third-order valence-corrected chi connectivity index (χ3v) is 4.36. The molecule has 0 aliphatic carbocycles. The summed E-state index contributed by atoms with van der Waals surface area (Å²) in [6, 6.07) is 12.6. The van der Waals surface area contributed by atoms with Crippen LogP contribution in [0.15, 0.2) is 59.5 Å². The highest BCUT2D eigenvalue weighted by atomic mass is 19.1. The number of amides is 1. The number of nitrogens with zero attached hydrogens (tertiary/aromatic N) is 4. The van der Waals surface area contributed by atoms with E-state index in [1.54, 1.807) is 50.6 Å². The first-order chi connectivity index (χ1) is 13.4. The number of benzene rings is 2. The Morgan fingerprint density at radius 2 is 1.86 bits per heavy atom. The van der Waals surface area contributed by atoms with E-state index in [1.807, 2.05) is 0 Å². The highest BCUT2D eigenvalue weighted by Gasteiger charge is 2.12. The molecule has 0 aliphatic rings. The lowest BCUT2D eigenvalue weighted by Gasteiger charge is -2.10. The van der Waals surface area contributed by atoms with Gasteiger partial charge in [-0.05, 0) is 48.5 Å². The fourth-order valence-electron chi connectivity index (χ4n) is 2.90. The summed E-state index contributed by atoms with van der Waals surface area (Å²) in [5, 5.41) is 8.68. The van der Waals surface area contributed by atoms with E-state index in [9.17, 15) is 14.0 Å². The van der Waals surface area contributed by atoms with Crippen molar-refractivity contribution in [2.45, 2.75) is 0 Å². The number of hydrogen-bond acceptors (Lipinski definition) is 4. The fraction of sp³-hybridized carbons (Fsp3) is 0.100. The molecule has 4 rings (SSSR count). The van der Waals surface area contributed by atoms with E-state index in [4.69, 9.17) is 0 Å². The number of aromatic nitrogens is 4. The second-order valence-electron chi connectivity index (χ2n) is 6.54. The van der Waals surface area contributed by atoms with Crippen LogP contribution in [0.1, 0.15) is 10.4 Å². The number of pyridine rings is 1. The molecule has 1 amide bonds. The maximum Gasteiger partial charge on any atom is 0.258 e. The largest absolute Gasteiger partial charge is 0.345 e. The number of halogens is 1. The van der Waals surface area contributed by atoms with Gasteiger partial charge in [0, 0.05) is 30.6 Å². The SMILES string of the molecule is CN(C)C(=O)c1ccc(-n2cc(-c3cc4cc(F)ccc4[nH]c3=O)nn2)cc1. The molecule has 28 heavy (non-hydrogen) atoms. The Balaban J connectivity index is 1.70. The third kappa shape index (κ3) is 3.16. The van der Waals surface area contributed by atoms with Crippen molar-refractivity contribution in [1.82, 2.24) is 24.9 Å². The van der Waals surface area contributed by atoms with Gasteiger partial charge in [-0.25, -0.2) is 9.07 Å². The Morgan fingerprint density at radius 3 is 2.57 bits per heavy atom. The minimum absolute atomic E-state index is 0.0965. The summed E-state index contributed by atoms with van der Waals surface area (Å²) in [4.78, 5) is 28.6. The average molecular weight is 377 g/mol. The maximum atomic E-state index is 13.5. The van der Waals surface area contributed by atoms with Crippen LogP contribution in [-0.2, 0) is 0 Å². The lowest BCUT2D eigenvalue weighted by atomic mass is 10.1. The Hall–Kier alpha value is -3.81. The molecule has 0 radical (unpaired) electrons. The Kier molecular flexibility index (Phi) is 4.23. The molecule has 2 heterocycles. The van der Waals surface area contributed by atoms with Gasteiger partial charge in [0.15, 0.2) is 0 Å². The van der Waals surface area contributed by atoms with Gasteiger partial charge in [-0.1, -0.05) is 5.21 Å². The Labute approximate surface area is 159 Å². The van der Waals surface area contributed by atoms with Crippen molar-refractivity contribution in [2.24, 2.45) is 0 Å². The molecule has 2 aromatic heterocycles. The molecule has 0 aliphatic heterocycles. The van der Waals surface area contributed by atoms with Crippen LogP contribution in [0.25, 0.3) is 27.8 Å². The molecule has 8 heteroatoms. The van der Waals surface area contributed by atoms with Crippen molar-refractivity contribution in [3.05, 3.63) is 76.5 Å². The molecule has 7 nitrogen and oxygen atoms in total. The van der Waals surface area contributed by atoms with Crippen molar-refractivity contribution < 1.29 is 9.18 Å². The van der Waals surface area contributed by atoms with Crippen molar-refractivity contribution in [1.29, 1.82) is 0 Å². The normalized spacial score (nSPS) is 11.0. The average Bonchev–Trinajstić information content (AvgIpc) is 3.17. The number of fused-ring (bicyclic) bond motifs is 1. The predicted octanol–water partition coefficient (Wildman–Crippen LogP) is 2.62. The Morgan fingerprint density at radius 1 is 1.11 bits per heavy atom. The van der Waals surface area contributed by atoms with E-state index >= 15 is 0 Å². The molecule has 140 valence electrons. The van der Waals surface area contributed by atoms with Gasteiger partial charge in [0.05, 0.1) is 17.4 Å². The lowest BCUT2D eigenvalue weighted by molar-refractivity contribution is 0.0827. The molecular weight excluding hydrogens is 361 g/mol. The zero-order valence-electron chi connectivity index (χ0n) is 15.2. The van der Waals surface area contributed by atoms with Crippen LogP contribution in [0.3, 0.4) is 0 Å². The van der Waals surface area contributed by atoms with E-state index in [0.717, 1.165) is 0 Å². The first-order valence-corrected chi connectivity index (χ1v) is 8.50. The van der Waals surface area contributed by atoms with Crippen molar-refractivity contribution in [3.8, 4) is 16.9 Å². The van der Waals surface area contributed by atoms with E-state index in [-0.39, 0.29) is 17.3 Å². The van der Waals surface area contributed by atoms with Gasteiger partial charge in [-0.15, -0.1) is 5.10 Å². The monoisotopic (exact) mass is 377 g/mol. The van der Waals surface area contributed by atoms with Gasteiger partial charge in [0.1, 0.15) is 11.5 Å². The van der Waals surface area contributed by atoms with Gasteiger partial charge in [0.2, 0.25) is 0 Å². The topological polar surface area (TPSA) is 83.9 Å². The second-order valence-corrected chi connectivity index (χ2v) is 6.54. The molecule has 0 saturated carbocycles. The molecule has 0 fully saturated rings. The number of aromatic amines is 1. The lowest BCUT2D eigenvalue weighted by Crippen LogP contribution is -2.21. The summed E-state index contributed by atoms with van der Waals surface area (Å²) in [6.07, 6.45) is 1.61. The zero-order valence-corrected chi connectivity index (χ0v) is 15.2. The number of H-pyrrole nitrogens is 1. The summed E-state index contributed by atoms with van der Waals surface area (Å²) in [5.74, 6) is -0.484. The predicted molar refractivity (Wildman–Crippen MR) is 103 cm³/mol. The Bertz CT molecular complexity index is 1240. The molecule has 1 N–H and O–H groups in total. The van der Waals surface area contributed by atoms with Gasteiger partial charge in [0.25, 0.3) is 11.5 Å². The van der Waals surface area contributed by atoms with E-state index in [0.29, 0.717) is 33.4 Å². The molecule has 0 bridgehead atoms. The van der Waals surface area contributed by atoms with Crippen LogP contribution in [0.5, 0.6) is 0 Å². The number of rotatable bonds is 3. The molecule has 4 aromatic rings. The van der Waals surface area contributed by atoms with Crippen LogP contribution >= 0.6 is 0 Å². The summed E-state index contributed by atoms with van der Waals surface area (Å²) in [6.45, 7) is 0. The number of hydrogen-bond donors (Lipinski definition) is 1. The first-order valence-electron chi connectivity index (χ1n) is 8.50. The molecule has 0 atom stereocenters. The van der Waals surface area contributed by atoms with Crippen molar-refractivity contribution in [3.63, 3.8) is 0 Å². The van der Waals surface area contributed by atoms with Crippen molar-refractivity contribution in [2.75, 3.05) is 14.1 Å². The van der Waals surface area contributed by atoms with Crippen LogP contribution in [0.2, 0.25) is 0 Å². The summed E-state index contributed by atoms with van der Waals surface area (Å²) >= 11 is 0. The number of carbonyl (C=O) groups excluding carboxylic acids is 1. The highest BCUT2D eigenvalue weighted by Crippen LogP contribution is 2.19. The number of carbonyl (C=O) groups is 1. The molecule has 0 saturated heterocycles. The van der Waals surface area contributed by atoms with Gasteiger partial charge >= 0.3 is 0 Å². The first kappa shape index (κ1) is 17.6. The quantitative estimate of drug-likeness (QED) is 0.595. The standard InChI is InChI=1S/C20H16FN5O2/c1-25(2)20(28)12-3-6-15(7-4-12)26-11-18(23-24-26)16-10-13-9-14(21)5-8-17(13)22-19(16)27/h3-11H,1-2H3,(H,22,27). The number of nitrogens with one attached hydrogen (secondary N) is 1. The molecule has 0 unspecified atom stereocenters. The van der Waals surface area contributed by atoms with Gasteiger partial charge in [-0.2, -0.15) is 0 Å². The van der Waals surface area contributed by atoms with E-state index in [2.05, 4.69) is 15.3 Å². The fourth-order valence-corrected chi connectivity index (χ4v) is 2.90. The van der Waals surface area contributed by atoms with Crippen LogP contribution in [-0.4, -0.2) is 44.9 Å². The van der Waals surface area contributed by atoms with Crippen LogP contribution < -0.4 is 5.56 Å². The third-order valence-electron chi connectivity index (χ3n) is 4.36. The van der Waals surface area contributed by atoms with Crippen LogP contribution in [0, 0.1) is 5.82 Å². The molecular formula is C20H16FN5O2. The molecule has 0 spiro atoms. The summed E-state index contributed by atoms with van der Waals surface area (Å²) in [5.41, 5.74) is 2.12. The van der Waals surface area contributed by atoms with Crippen LogP contribution in [0.4, 0.5) is 4.39 Å². The molecule has 2 aromatic carbocycles. The van der Waals surface area contributed by atoms with E-state index in [1.165, 1.54) is 27.8 Å².